The largest absolute Gasteiger partial charge is 0.481 e. The van der Waals surface area contributed by atoms with Gasteiger partial charge in [0, 0.05) is 24.4 Å². The topological polar surface area (TPSA) is 94.9 Å². The fraction of sp³-hybridized carbons (Fsp3) is 0.464. The Bertz CT molecular complexity index is 1290. The van der Waals surface area contributed by atoms with E-state index in [0.29, 0.717) is 35.4 Å². The molecule has 0 bridgehead atoms. The highest BCUT2D eigenvalue weighted by molar-refractivity contribution is 6.46. The van der Waals surface area contributed by atoms with Gasteiger partial charge in [0.2, 0.25) is 0 Å². The lowest BCUT2D eigenvalue weighted by Gasteiger charge is -2.50. The Hall–Kier alpha value is -2.28. The number of fused-ring (bicyclic) bond motifs is 3. The average molecular weight is 567 g/mol. The zero-order chi connectivity index (χ0) is 27.4. The van der Waals surface area contributed by atoms with E-state index in [2.05, 4.69) is 0 Å². The SMILES string of the molecule is CC(C)c1c(Cl)c(Cl)c2c(c1Cl)C(=O)N(Cc1ccc(C(=O)O)cc1)C[C@H]1[C@](C)(C(=O)O)CCC[C@]21C. The molecule has 1 heterocycles. The fourth-order valence-corrected chi connectivity index (χ4v) is 7.68. The number of nitrogens with zero attached hydrogens (tertiary/aromatic N) is 1. The summed E-state index contributed by atoms with van der Waals surface area (Å²) in [5.74, 6) is -2.87. The molecule has 37 heavy (non-hydrogen) atoms. The molecule has 6 nitrogen and oxygen atoms in total. The highest BCUT2D eigenvalue weighted by Crippen LogP contribution is 2.58. The van der Waals surface area contributed by atoms with Gasteiger partial charge in [-0.05, 0) is 54.5 Å². The van der Waals surface area contributed by atoms with E-state index in [9.17, 15) is 24.6 Å². The van der Waals surface area contributed by atoms with Crippen LogP contribution in [0.4, 0.5) is 0 Å². The van der Waals surface area contributed by atoms with Crippen molar-refractivity contribution in [3.63, 3.8) is 0 Å². The van der Waals surface area contributed by atoms with Gasteiger partial charge in [-0.15, -0.1) is 0 Å². The van der Waals surface area contributed by atoms with E-state index in [1.165, 1.54) is 12.1 Å². The van der Waals surface area contributed by atoms with Gasteiger partial charge in [0.15, 0.2) is 0 Å². The van der Waals surface area contributed by atoms with Crippen LogP contribution in [0.15, 0.2) is 24.3 Å². The van der Waals surface area contributed by atoms with E-state index in [0.717, 1.165) is 5.56 Å². The highest BCUT2D eigenvalue weighted by atomic mass is 35.5. The summed E-state index contributed by atoms with van der Waals surface area (Å²) in [6.45, 7) is 7.90. The molecule has 1 aliphatic carbocycles. The lowest BCUT2D eigenvalue weighted by molar-refractivity contribution is -0.157. The first-order valence-corrected chi connectivity index (χ1v) is 13.4. The highest BCUT2D eigenvalue weighted by Gasteiger charge is 2.58. The van der Waals surface area contributed by atoms with Crippen LogP contribution < -0.4 is 0 Å². The molecule has 1 amide bonds. The number of amides is 1. The molecule has 2 aromatic carbocycles. The summed E-state index contributed by atoms with van der Waals surface area (Å²) in [5, 5.41) is 20.4. The second kappa shape index (κ2) is 9.79. The third kappa shape index (κ3) is 4.41. The van der Waals surface area contributed by atoms with Crippen molar-refractivity contribution >= 4 is 52.6 Å². The minimum Gasteiger partial charge on any atom is -0.481 e. The Labute approximate surface area is 231 Å². The number of hydrogen-bond donors (Lipinski definition) is 2. The lowest BCUT2D eigenvalue weighted by atomic mass is 9.53. The van der Waals surface area contributed by atoms with Crippen molar-refractivity contribution in [3.05, 3.63) is 67.2 Å². The molecule has 0 aromatic heterocycles. The number of carboxylic acids is 2. The second-order valence-electron chi connectivity index (χ2n) is 11.0. The summed E-state index contributed by atoms with van der Waals surface area (Å²) in [4.78, 5) is 39.8. The molecule has 2 aliphatic rings. The maximum Gasteiger partial charge on any atom is 0.335 e. The predicted octanol–water partition coefficient (Wildman–Crippen LogP) is 7.27. The molecule has 1 fully saturated rings. The molecule has 1 saturated carbocycles. The zero-order valence-corrected chi connectivity index (χ0v) is 23.5. The van der Waals surface area contributed by atoms with Gasteiger partial charge >= 0.3 is 11.9 Å². The monoisotopic (exact) mass is 565 g/mol. The van der Waals surface area contributed by atoms with E-state index in [4.69, 9.17) is 34.8 Å². The summed E-state index contributed by atoms with van der Waals surface area (Å²) in [6.07, 6.45) is 1.75. The van der Waals surface area contributed by atoms with Crippen molar-refractivity contribution in [1.29, 1.82) is 0 Å². The number of aliphatic carboxylic acids is 1. The number of halogens is 3. The van der Waals surface area contributed by atoms with Gasteiger partial charge in [-0.2, -0.15) is 0 Å². The van der Waals surface area contributed by atoms with Gasteiger partial charge in [0.25, 0.3) is 5.91 Å². The molecular weight excluding hydrogens is 537 g/mol. The smallest absolute Gasteiger partial charge is 0.335 e. The summed E-state index contributed by atoms with van der Waals surface area (Å²) >= 11 is 20.6. The van der Waals surface area contributed by atoms with E-state index in [1.807, 2.05) is 20.8 Å². The standard InChI is InChI=1S/C28H30Cl3NO5/c1-14(2)18-21(29)19-20(23(31)22(18)30)27(3)10-5-11-28(4,26(36)37)17(27)13-32(24(19)33)12-15-6-8-16(9-7-15)25(34)35/h6-9,14,17H,5,10-13H2,1-4H3,(H,34,35)(H,36,37)/t17-,27+,28-/m1/s1. The molecule has 198 valence electrons. The molecule has 2 aromatic rings. The van der Waals surface area contributed by atoms with Gasteiger partial charge in [0.05, 0.1) is 31.6 Å². The third-order valence-corrected chi connectivity index (χ3v) is 9.66. The average Bonchev–Trinajstić information content (AvgIpc) is 2.91. The molecule has 4 rings (SSSR count). The number of carbonyl (C=O) groups is 3. The molecule has 0 saturated heterocycles. The normalized spacial score (nSPS) is 25.5. The van der Waals surface area contributed by atoms with Crippen molar-refractivity contribution in [1.82, 2.24) is 4.90 Å². The number of aromatic carboxylic acids is 1. The van der Waals surface area contributed by atoms with Gasteiger partial charge in [-0.25, -0.2) is 4.79 Å². The Kier molecular flexibility index (Phi) is 7.34. The summed E-state index contributed by atoms with van der Waals surface area (Å²) in [6, 6.07) is 6.30. The maximum atomic E-state index is 14.2. The molecule has 1 aliphatic heterocycles. The van der Waals surface area contributed by atoms with Crippen LogP contribution in [0.2, 0.25) is 15.1 Å². The van der Waals surface area contributed by atoms with E-state index >= 15 is 0 Å². The van der Waals surface area contributed by atoms with Crippen LogP contribution in [0.1, 0.15) is 90.3 Å². The maximum absolute atomic E-state index is 14.2. The van der Waals surface area contributed by atoms with Gasteiger partial charge < -0.3 is 15.1 Å². The van der Waals surface area contributed by atoms with E-state index in [-0.39, 0.29) is 46.1 Å². The molecule has 3 atom stereocenters. The number of hydrogen-bond acceptors (Lipinski definition) is 3. The predicted molar refractivity (Wildman–Crippen MR) is 144 cm³/mol. The molecule has 0 unspecified atom stereocenters. The third-order valence-electron chi connectivity index (χ3n) is 8.40. The van der Waals surface area contributed by atoms with Gasteiger partial charge in [-0.1, -0.05) is 74.1 Å². The summed E-state index contributed by atoms with van der Waals surface area (Å²) in [5.41, 5.74) is 0.376. The Morgan fingerprint density at radius 2 is 1.65 bits per heavy atom. The molecule has 0 spiro atoms. The van der Waals surface area contributed by atoms with E-state index < -0.39 is 28.7 Å². The van der Waals surface area contributed by atoms with Crippen LogP contribution in [0.5, 0.6) is 0 Å². The quantitative estimate of drug-likeness (QED) is 0.371. The van der Waals surface area contributed by atoms with Crippen LogP contribution in [0.3, 0.4) is 0 Å². The molecule has 9 heteroatoms. The second-order valence-corrected chi connectivity index (χ2v) is 12.1. The van der Waals surface area contributed by atoms with Crippen LogP contribution in [-0.2, 0) is 16.8 Å². The molecule has 0 radical (unpaired) electrons. The first-order chi connectivity index (χ1) is 17.2. The van der Waals surface area contributed by atoms with Crippen LogP contribution >= 0.6 is 34.8 Å². The Morgan fingerprint density at radius 3 is 2.19 bits per heavy atom. The summed E-state index contributed by atoms with van der Waals surface area (Å²) < 4.78 is 0. The Morgan fingerprint density at radius 1 is 1.03 bits per heavy atom. The first-order valence-electron chi connectivity index (χ1n) is 12.3. The minimum atomic E-state index is -1.11. The van der Waals surface area contributed by atoms with Crippen molar-refractivity contribution in [2.24, 2.45) is 11.3 Å². The van der Waals surface area contributed by atoms with Gasteiger partial charge in [0.1, 0.15) is 0 Å². The first kappa shape index (κ1) is 27.7. The number of rotatable bonds is 5. The molecule has 2 N–H and O–H groups in total. The van der Waals surface area contributed by atoms with E-state index in [1.54, 1.807) is 24.0 Å². The van der Waals surface area contributed by atoms with Crippen LogP contribution in [0, 0.1) is 11.3 Å². The van der Waals surface area contributed by atoms with Crippen molar-refractivity contribution in [2.75, 3.05) is 6.54 Å². The minimum absolute atomic E-state index is 0.102. The number of carbonyl (C=O) groups excluding carboxylic acids is 1. The van der Waals surface area contributed by atoms with Crippen LogP contribution in [-0.4, -0.2) is 39.5 Å². The van der Waals surface area contributed by atoms with Crippen molar-refractivity contribution in [3.8, 4) is 0 Å². The van der Waals surface area contributed by atoms with Crippen LogP contribution in [0.25, 0.3) is 0 Å². The zero-order valence-electron chi connectivity index (χ0n) is 21.2. The van der Waals surface area contributed by atoms with Crippen molar-refractivity contribution < 1.29 is 24.6 Å². The lowest BCUT2D eigenvalue weighted by Crippen LogP contribution is -2.53. The fourth-order valence-electron chi connectivity index (χ4n) is 6.33. The number of carboxylic acid groups (broad SMARTS) is 2. The molecular formula is C28H30Cl3NO5. The van der Waals surface area contributed by atoms with Crippen molar-refractivity contribution in [2.45, 2.75) is 64.8 Å². The van der Waals surface area contributed by atoms with Gasteiger partial charge in [-0.3, -0.25) is 9.59 Å². The summed E-state index contributed by atoms with van der Waals surface area (Å²) in [7, 11) is 0. The number of benzene rings is 2. The Balaban J connectivity index is 1.97.